The summed E-state index contributed by atoms with van der Waals surface area (Å²) in [7, 11) is 1.71. The number of hydrogen-bond acceptors (Lipinski definition) is 3. The number of carbonyl (C=O) groups is 3. The Kier molecular flexibility index (Phi) is 3.28. The highest BCUT2D eigenvalue weighted by atomic mass is 16.4. The molecule has 19 heavy (non-hydrogen) atoms. The van der Waals surface area contributed by atoms with E-state index in [9.17, 15) is 14.4 Å². The van der Waals surface area contributed by atoms with Crippen LogP contribution in [0.4, 0.5) is 0 Å². The van der Waals surface area contributed by atoms with E-state index in [2.05, 4.69) is 5.32 Å². The average molecular weight is 268 g/mol. The number of likely N-dealkylation sites (N-methyl/N-ethyl adjacent to an activating group) is 1. The Bertz CT molecular complexity index is 432. The summed E-state index contributed by atoms with van der Waals surface area (Å²) in [6.45, 7) is 4.09. The zero-order valence-electron chi connectivity index (χ0n) is 11.5. The zero-order valence-corrected chi connectivity index (χ0v) is 11.5. The van der Waals surface area contributed by atoms with E-state index < -0.39 is 23.2 Å². The van der Waals surface area contributed by atoms with Crippen molar-refractivity contribution in [1.29, 1.82) is 0 Å². The first-order chi connectivity index (χ1) is 8.75. The van der Waals surface area contributed by atoms with Crippen LogP contribution in [0.1, 0.15) is 26.7 Å². The van der Waals surface area contributed by atoms with Gasteiger partial charge in [0.1, 0.15) is 0 Å². The molecule has 0 aromatic carbocycles. The second kappa shape index (κ2) is 4.51. The predicted molar refractivity (Wildman–Crippen MR) is 67.2 cm³/mol. The molecule has 2 N–H and O–H groups in total. The Balaban J connectivity index is 1.93. The van der Waals surface area contributed by atoms with Crippen molar-refractivity contribution in [2.24, 2.45) is 17.3 Å². The van der Waals surface area contributed by atoms with E-state index in [-0.39, 0.29) is 17.9 Å². The highest BCUT2D eigenvalue weighted by molar-refractivity contribution is 5.92. The van der Waals surface area contributed by atoms with Crippen molar-refractivity contribution in [3.8, 4) is 0 Å². The van der Waals surface area contributed by atoms with Gasteiger partial charge in [0.2, 0.25) is 11.8 Å². The topological polar surface area (TPSA) is 86.7 Å². The van der Waals surface area contributed by atoms with Gasteiger partial charge in [0.05, 0.1) is 11.8 Å². The van der Waals surface area contributed by atoms with Crippen molar-refractivity contribution in [1.82, 2.24) is 10.2 Å². The fourth-order valence-electron chi connectivity index (χ4n) is 3.01. The molecule has 1 heterocycles. The molecule has 6 nitrogen and oxygen atoms in total. The number of hydrogen-bond donors (Lipinski definition) is 2. The number of carbonyl (C=O) groups excluding carboxylic acids is 2. The van der Waals surface area contributed by atoms with Gasteiger partial charge in [0.15, 0.2) is 0 Å². The van der Waals surface area contributed by atoms with Gasteiger partial charge in [-0.25, -0.2) is 0 Å². The van der Waals surface area contributed by atoms with Crippen molar-refractivity contribution in [3.63, 3.8) is 0 Å². The van der Waals surface area contributed by atoms with Crippen molar-refractivity contribution in [2.75, 3.05) is 13.6 Å². The molecular weight excluding hydrogens is 248 g/mol. The van der Waals surface area contributed by atoms with Gasteiger partial charge in [-0.15, -0.1) is 0 Å². The third kappa shape index (κ3) is 2.43. The maximum atomic E-state index is 12.1. The lowest BCUT2D eigenvalue weighted by atomic mass is 10.0. The van der Waals surface area contributed by atoms with Gasteiger partial charge in [-0.05, 0) is 11.8 Å². The summed E-state index contributed by atoms with van der Waals surface area (Å²) in [6.07, 6.45) is 1.05. The third-order valence-electron chi connectivity index (χ3n) is 4.35. The second-order valence-electron chi connectivity index (χ2n) is 6.13. The molecule has 1 saturated carbocycles. The van der Waals surface area contributed by atoms with Gasteiger partial charge in [-0.1, -0.05) is 13.8 Å². The van der Waals surface area contributed by atoms with Gasteiger partial charge >= 0.3 is 5.97 Å². The molecule has 6 heteroatoms. The molecule has 2 fully saturated rings. The van der Waals surface area contributed by atoms with E-state index in [4.69, 9.17) is 5.11 Å². The van der Waals surface area contributed by atoms with Gasteiger partial charge in [-0.3, -0.25) is 14.4 Å². The minimum absolute atomic E-state index is 0.0685. The van der Waals surface area contributed by atoms with Crippen molar-refractivity contribution in [2.45, 2.75) is 32.7 Å². The molecule has 1 aliphatic carbocycles. The second-order valence-corrected chi connectivity index (χ2v) is 6.13. The largest absolute Gasteiger partial charge is 0.481 e. The molecule has 0 bridgehead atoms. The van der Waals surface area contributed by atoms with Crippen LogP contribution >= 0.6 is 0 Å². The lowest BCUT2D eigenvalue weighted by Crippen LogP contribution is -2.49. The van der Waals surface area contributed by atoms with E-state index in [1.54, 1.807) is 25.8 Å². The molecule has 0 aromatic rings. The van der Waals surface area contributed by atoms with Crippen LogP contribution < -0.4 is 5.32 Å². The van der Waals surface area contributed by atoms with Crippen LogP contribution in [-0.4, -0.2) is 47.4 Å². The summed E-state index contributed by atoms with van der Waals surface area (Å²) in [5, 5.41) is 11.9. The lowest BCUT2D eigenvalue weighted by molar-refractivity contribution is -0.140. The number of rotatable bonds is 3. The number of nitrogens with zero attached hydrogens (tertiary/aromatic N) is 1. The number of piperidine rings is 1. The lowest BCUT2D eigenvalue weighted by Gasteiger charge is -2.30. The summed E-state index contributed by atoms with van der Waals surface area (Å²) in [5.41, 5.74) is -0.480. The summed E-state index contributed by atoms with van der Waals surface area (Å²) in [4.78, 5) is 36.1. The molecule has 2 aliphatic rings. The molecule has 2 rings (SSSR count). The highest BCUT2D eigenvalue weighted by Crippen LogP contribution is 2.58. The molecule has 0 aromatic heterocycles. The van der Waals surface area contributed by atoms with Crippen LogP contribution in [0.25, 0.3) is 0 Å². The molecule has 1 aliphatic heterocycles. The van der Waals surface area contributed by atoms with Crippen molar-refractivity contribution >= 4 is 17.8 Å². The highest BCUT2D eigenvalue weighted by Gasteiger charge is 2.66. The maximum Gasteiger partial charge on any atom is 0.307 e. The van der Waals surface area contributed by atoms with Crippen LogP contribution in [0, 0.1) is 17.3 Å². The van der Waals surface area contributed by atoms with Gasteiger partial charge in [-0.2, -0.15) is 0 Å². The Morgan fingerprint density at radius 3 is 2.47 bits per heavy atom. The van der Waals surface area contributed by atoms with Gasteiger partial charge < -0.3 is 15.3 Å². The smallest absolute Gasteiger partial charge is 0.307 e. The Hall–Kier alpha value is -1.59. The Morgan fingerprint density at radius 1 is 1.37 bits per heavy atom. The van der Waals surface area contributed by atoms with Crippen molar-refractivity contribution < 1.29 is 19.5 Å². The summed E-state index contributed by atoms with van der Waals surface area (Å²) >= 11 is 0. The normalized spacial score (nSPS) is 32.9. The van der Waals surface area contributed by atoms with Gasteiger partial charge in [0, 0.05) is 26.1 Å². The standard InChI is InChI=1S/C13H20N2O4/c1-13(2)9(10(13)12(18)19)11(17)14-7-4-5-8(16)15(3)6-7/h7,9-10H,4-6H2,1-3H3,(H,14,17)(H,18,19)/t7?,9-,10+/m1/s1. The number of carboxylic acids is 1. The number of likely N-dealkylation sites (tertiary alicyclic amines) is 1. The van der Waals surface area contributed by atoms with Crippen LogP contribution in [0.5, 0.6) is 0 Å². The van der Waals surface area contributed by atoms with E-state index >= 15 is 0 Å². The minimum atomic E-state index is -0.916. The molecule has 1 saturated heterocycles. The van der Waals surface area contributed by atoms with E-state index in [0.29, 0.717) is 19.4 Å². The fraction of sp³-hybridized carbons (Fsp3) is 0.769. The molecule has 106 valence electrons. The van der Waals surface area contributed by atoms with Crippen molar-refractivity contribution in [3.05, 3.63) is 0 Å². The predicted octanol–water partition coefficient (Wildman–Crippen LogP) is 0.0802. The monoisotopic (exact) mass is 268 g/mol. The molecule has 0 spiro atoms. The Morgan fingerprint density at radius 2 is 2.00 bits per heavy atom. The molecule has 2 amide bonds. The van der Waals surface area contributed by atoms with Crippen LogP contribution in [0.2, 0.25) is 0 Å². The van der Waals surface area contributed by atoms with Crippen LogP contribution in [0.15, 0.2) is 0 Å². The van der Waals surface area contributed by atoms with E-state index in [1.165, 1.54) is 0 Å². The van der Waals surface area contributed by atoms with E-state index in [0.717, 1.165) is 0 Å². The SMILES string of the molecule is CN1CC(NC(=O)[C@H]2[C@@H](C(=O)O)C2(C)C)CCC1=O. The number of carboxylic acid groups (broad SMARTS) is 1. The van der Waals surface area contributed by atoms with Crippen LogP contribution in [0.3, 0.4) is 0 Å². The number of aliphatic carboxylic acids is 1. The van der Waals surface area contributed by atoms with Gasteiger partial charge in [0.25, 0.3) is 0 Å². The first kappa shape index (κ1) is 13.8. The molecule has 0 radical (unpaired) electrons. The van der Waals surface area contributed by atoms with Crippen LogP contribution in [-0.2, 0) is 14.4 Å². The molecule has 3 atom stereocenters. The molecular formula is C13H20N2O4. The number of amides is 2. The summed E-state index contributed by atoms with van der Waals surface area (Å²) < 4.78 is 0. The summed E-state index contributed by atoms with van der Waals surface area (Å²) in [5.74, 6) is -2.10. The fourth-order valence-corrected chi connectivity index (χ4v) is 3.01. The zero-order chi connectivity index (χ0) is 14.4. The third-order valence-corrected chi connectivity index (χ3v) is 4.35. The maximum absolute atomic E-state index is 12.1. The Labute approximate surface area is 112 Å². The minimum Gasteiger partial charge on any atom is -0.481 e. The average Bonchev–Trinajstić information content (AvgIpc) is 2.87. The first-order valence-electron chi connectivity index (χ1n) is 6.52. The van der Waals surface area contributed by atoms with E-state index in [1.807, 2.05) is 0 Å². The number of nitrogens with one attached hydrogen (secondary N) is 1. The quantitative estimate of drug-likeness (QED) is 0.759. The first-order valence-corrected chi connectivity index (χ1v) is 6.52. The molecule has 1 unspecified atom stereocenters. The summed E-state index contributed by atoms with van der Waals surface area (Å²) in [6, 6.07) is -0.0685.